The van der Waals surface area contributed by atoms with E-state index in [1.165, 1.54) is 0 Å². The molecule has 0 aliphatic carbocycles. The summed E-state index contributed by atoms with van der Waals surface area (Å²) in [7, 11) is 0. The first-order valence-corrected chi connectivity index (χ1v) is 9.60. The van der Waals surface area contributed by atoms with Crippen molar-refractivity contribution >= 4 is 23.0 Å². The Bertz CT molecular complexity index is 824. The predicted molar refractivity (Wildman–Crippen MR) is 105 cm³/mol. The number of ether oxygens (including phenoxy) is 2. The SMILES string of the molecule is CC(C)(C)NC(=O)OC1CCN(C(=O)COCCc2ccc3occc3c2)C1. The van der Waals surface area contributed by atoms with E-state index in [1.54, 1.807) is 11.2 Å². The monoisotopic (exact) mass is 388 g/mol. The molecular formula is C21H28N2O5. The van der Waals surface area contributed by atoms with Gasteiger partial charge in [-0.05, 0) is 51.0 Å². The Kier molecular flexibility index (Phi) is 6.24. The minimum atomic E-state index is -0.447. The van der Waals surface area contributed by atoms with E-state index in [0.717, 1.165) is 23.0 Å². The van der Waals surface area contributed by atoms with Crippen LogP contribution in [-0.4, -0.2) is 54.8 Å². The van der Waals surface area contributed by atoms with Crippen molar-refractivity contribution in [3.8, 4) is 0 Å². The summed E-state index contributed by atoms with van der Waals surface area (Å²) in [5.74, 6) is -0.0763. The Hall–Kier alpha value is -2.54. The second-order valence-corrected chi connectivity index (χ2v) is 8.13. The number of carbonyl (C=O) groups excluding carboxylic acids is 2. The molecule has 7 heteroatoms. The molecule has 0 saturated carbocycles. The number of furan rings is 1. The van der Waals surface area contributed by atoms with E-state index in [2.05, 4.69) is 11.4 Å². The molecule has 28 heavy (non-hydrogen) atoms. The molecule has 1 aromatic heterocycles. The Balaban J connectivity index is 1.35. The van der Waals surface area contributed by atoms with E-state index in [1.807, 2.05) is 39.0 Å². The molecule has 1 atom stereocenters. The van der Waals surface area contributed by atoms with Gasteiger partial charge in [-0.15, -0.1) is 0 Å². The Labute approximate surface area is 165 Å². The molecule has 152 valence electrons. The van der Waals surface area contributed by atoms with Gasteiger partial charge in [0.15, 0.2) is 0 Å². The van der Waals surface area contributed by atoms with Gasteiger partial charge in [-0.1, -0.05) is 6.07 Å². The van der Waals surface area contributed by atoms with Crippen LogP contribution in [0.2, 0.25) is 0 Å². The fourth-order valence-corrected chi connectivity index (χ4v) is 3.15. The molecule has 1 saturated heterocycles. The van der Waals surface area contributed by atoms with Crippen molar-refractivity contribution in [2.24, 2.45) is 0 Å². The number of fused-ring (bicyclic) bond motifs is 1. The molecular weight excluding hydrogens is 360 g/mol. The molecule has 2 amide bonds. The number of carbonyl (C=O) groups is 2. The maximum atomic E-state index is 12.3. The second kappa shape index (κ2) is 8.65. The zero-order chi connectivity index (χ0) is 20.1. The van der Waals surface area contributed by atoms with Crippen molar-refractivity contribution in [2.75, 3.05) is 26.3 Å². The van der Waals surface area contributed by atoms with Crippen molar-refractivity contribution in [1.82, 2.24) is 10.2 Å². The van der Waals surface area contributed by atoms with Gasteiger partial charge in [0.2, 0.25) is 5.91 Å². The van der Waals surface area contributed by atoms with Crippen LogP contribution >= 0.6 is 0 Å². The maximum Gasteiger partial charge on any atom is 0.407 e. The Morgan fingerprint density at radius 2 is 2.11 bits per heavy atom. The highest BCUT2D eigenvalue weighted by molar-refractivity contribution is 5.78. The lowest BCUT2D eigenvalue weighted by atomic mass is 10.1. The largest absolute Gasteiger partial charge is 0.464 e. The van der Waals surface area contributed by atoms with Crippen LogP contribution in [0.25, 0.3) is 11.0 Å². The van der Waals surface area contributed by atoms with Crippen LogP contribution < -0.4 is 5.32 Å². The molecule has 1 aliphatic rings. The standard InChI is InChI=1S/C21H28N2O5/c1-21(2,3)22-20(25)28-17-6-9-23(13-17)19(24)14-26-10-7-15-4-5-18-16(12-15)8-11-27-18/h4-5,8,11-12,17H,6-7,9-10,13-14H2,1-3H3,(H,22,25). The van der Waals surface area contributed by atoms with Gasteiger partial charge in [0.05, 0.1) is 19.4 Å². The highest BCUT2D eigenvalue weighted by Crippen LogP contribution is 2.17. The molecule has 0 spiro atoms. The van der Waals surface area contributed by atoms with Crippen LogP contribution in [0.1, 0.15) is 32.8 Å². The summed E-state index contributed by atoms with van der Waals surface area (Å²) in [6, 6.07) is 7.93. The highest BCUT2D eigenvalue weighted by Gasteiger charge is 2.29. The summed E-state index contributed by atoms with van der Waals surface area (Å²) in [4.78, 5) is 25.8. The van der Waals surface area contributed by atoms with E-state index in [-0.39, 0.29) is 24.2 Å². The Morgan fingerprint density at radius 1 is 1.29 bits per heavy atom. The van der Waals surface area contributed by atoms with Gasteiger partial charge in [0.25, 0.3) is 0 Å². The van der Waals surface area contributed by atoms with Crippen molar-refractivity contribution in [2.45, 2.75) is 45.3 Å². The normalized spacial score (nSPS) is 17.1. The number of amides is 2. The van der Waals surface area contributed by atoms with Crippen molar-refractivity contribution in [1.29, 1.82) is 0 Å². The molecule has 1 unspecified atom stereocenters. The quantitative estimate of drug-likeness (QED) is 0.769. The molecule has 3 rings (SSSR count). The van der Waals surface area contributed by atoms with E-state index in [0.29, 0.717) is 26.1 Å². The van der Waals surface area contributed by atoms with Gasteiger partial charge in [-0.3, -0.25) is 4.79 Å². The lowest BCUT2D eigenvalue weighted by Gasteiger charge is -2.22. The summed E-state index contributed by atoms with van der Waals surface area (Å²) in [6.45, 7) is 7.17. The minimum Gasteiger partial charge on any atom is -0.464 e. The number of hydrogen-bond acceptors (Lipinski definition) is 5. The van der Waals surface area contributed by atoms with Crippen LogP contribution in [-0.2, 0) is 20.7 Å². The topological polar surface area (TPSA) is 81.0 Å². The van der Waals surface area contributed by atoms with Gasteiger partial charge >= 0.3 is 6.09 Å². The number of likely N-dealkylation sites (tertiary alicyclic amines) is 1. The zero-order valence-corrected chi connectivity index (χ0v) is 16.7. The average molecular weight is 388 g/mol. The average Bonchev–Trinajstić information content (AvgIpc) is 3.25. The third-order valence-corrected chi connectivity index (χ3v) is 4.53. The van der Waals surface area contributed by atoms with Crippen LogP contribution in [0.15, 0.2) is 34.9 Å². The Morgan fingerprint density at radius 3 is 2.89 bits per heavy atom. The molecule has 2 heterocycles. The summed E-state index contributed by atoms with van der Waals surface area (Å²) < 4.78 is 16.3. The number of nitrogens with one attached hydrogen (secondary N) is 1. The molecule has 1 aromatic carbocycles. The van der Waals surface area contributed by atoms with Gasteiger partial charge in [0.1, 0.15) is 18.3 Å². The van der Waals surface area contributed by atoms with Crippen molar-refractivity contribution in [3.63, 3.8) is 0 Å². The lowest BCUT2D eigenvalue weighted by molar-refractivity contribution is -0.135. The fourth-order valence-electron chi connectivity index (χ4n) is 3.15. The van der Waals surface area contributed by atoms with Gasteiger partial charge in [-0.25, -0.2) is 4.79 Å². The fraction of sp³-hybridized carbons (Fsp3) is 0.524. The molecule has 1 fully saturated rings. The molecule has 7 nitrogen and oxygen atoms in total. The van der Waals surface area contributed by atoms with Crippen LogP contribution in [0.4, 0.5) is 4.79 Å². The number of benzene rings is 1. The van der Waals surface area contributed by atoms with Crippen molar-refractivity contribution in [3.05, 3.63) is 36.1 Å². The summed E-state index contributed by atoms with van der Waals surface area (Å²) in [5, 5.41) is 3.82. The lowest BCUT2D eigenvalue weighted by Crippen LogP contribution is -2.43. The molecule has 2 aromatic rings. The number of nitrogens with zero attached hydrogens (tertiary/aromatic N) is 1. The smallest absolute Gasteiger partial charge is 0.407 e. The number of rotatable bonds is 6. The number of hydrogen-bond donors (Lipinski definition) is 1. The van der Waals surface area contributed by atoms with Crippen LogP contribution in [0, 0.1) is 0 Å². The molecule has 0 radical (unpaired) electrons. The van der Waals surface area contributed by atoms with E-state index in [9.17, 15) is 9.59 Å². The van der Waals surface area contributed by atoms with Crippen LogP contribution in [0.3, 0.4) is 0 Å². The first kappa shape index (κ1) is 20.2. The third-order valence-electron chi connectivity index (χ3n) is 4.53. The van der Waals surface area contributed by atoms with Gasteiger partial charge in [0, 0.05) is 23.9 Å². The predicted octanol–water partition coefficient (Wildman–Crippen LogP) is 3.12. The minimum absolute atomic E-state index is 0.0366. The number of alkyl carbamates (subject to hydrolysis) is 1. The van der Waals surface area contributed by atoms with E-state index in [4.69, 9.17) is 13.9 Å². The van der Waals surface area contributed by atoms with Crippen LogP contribution in [0.5, 0.6) is 0 Å². The first-order valence-electron chi connectivity index (χ1n) is 9.60. The highest BCUT2D eigenvalue weighted by atomic mass is 16.6. The van der Waals surface area contributed by atoms with E-state index >= 15 is 0 Å². The third kappa shape index (κ3) is 5.73. The summed E-state index contributed by atoms with van der Waals surface area (Å²) in [6.07, 6.45) is 2.33. The maximum absolute atomic E-state index is 12.3. The summed E-state index contributed by atoms with van der Waals surface area (Å²) >= 11 is 0. The zero-order valence-electron chi connectivity index (χ0n) is 16.7. The van der Waals surface area contributed by atoms with Crippen molar-refractivity contribution < 1.29 is 23.5 Å². The molecule has 1 N–H and O–H groups in total. The van der Waals surface area contributed by atoms with Gasteiger partial charge < -0.3 is 24.1 Å². The summed E-state index contributed by atoms with van der Waals surface area (Å²) in [5.41, 5.74) is 1.66. The van der Waals surface area contributed by atoms with Gasteiger partial charge in [-0.2, -0.15) is 0 Å². The van der Waals surface area contributed by atoms with E-state index < -0.39 is 6.09 Å². The molecule has 1 aliphatic heterocycles. The molecule has 0 bridgehead atoms. The first-order chi connectivity index (χ1) is 13.3. The second-order valence-electron chi connectivity index (χ2n) is 8.13.